The van der Waals surface area contributed by atoms with E-state index in [1.807, 2.05) is 12.1 Å². The molecule has 0 bridgehead atoms. The van der Waals surface area contributed by atoms with E-state index < -0.39 is 5.91 Å². The average molecular weight is 477 g/mol. The monoisotopic (exact) mass is 476 g/mol. The van der Waals surface area contributed by atoms with Gasteiger partial charge in [-0.15, -0.1) is 0 Å². The molecule has 2 aliphatic heterocycles. The molecular formula is C29H40N4O2. The normalized spacial score (nSPS) is 22.3. The average Bonchev–Trinajstić information content (AvgIpc) is 2.86. The van der Waals surface area contributed by atoms with Crippen LogP contribution in [0.5, 0.6) is 0 Å². The van der Waals surface area contributed by atoms with Crippen LogP contribution in [0.3, 0.4) is 0 Å². The number of hydroxylamine groups is 1. The lowest BCUT2D eigenvalue weighted by Gasteiger charge is -2.45. The number of benzene rings is 2. The van der Waals surface area contributed by atoms with Gasteiger partial charge in [-0.05, 0) is 68.5 Å². The second-order valence-corrected chi connectivity index (χ2v) is 10.4. The van der Waals surface area contributed by atoms with Crippen LogP contribution in [0.2, 0.25) is 0 Å². The maximum Gasteiger partial charge on any atom is 0.274 e. The predicted octanol–water partition coefficient (Wildman–Crippen LogP) is 4.40. The minimum absolute atomic E-state index is 0.447. The van der Waals surface area contributed by atoms with Gasteiger partial charge >= 0.3 is 0 Å². The first-order chi connectivity index (χ1) is 16.9. The van der Waals surface area contributed by atoms with E-state index >= 15 is 0 Å². The zero-order chi connectivity index (χ0) is 24.9. The van der Waals surface area contributed by atoms with E-state index in [0.29, 0.717) is 23.7 Å². The molecule has 1 fully saturated rings. The fraction of sp³-hybridized carbons (Fsp3) is 0.483. The molecule has 1 amide bonds. The first-order valence-electron chi connectivity index (χ1n) is 12.9. The van der Waals surface area contributed by atoms with Crippen molar-refractivity contribution in [1.29, 1.82) is 0 Å². The van der Waals surface area contributed by atoms with E-state index in [1.165, 1.54) is 22.3 Å². The Morgan fingerprint density at radius 3 is 2.31 bits per heavy atom. The van der Waals surface area contributed by atoms with Gasteiger partial charge in [-0.1, -0.05) is 42.5 Å². The summed E-state index contributed by atoms with van der Waals surface area (Å²) in [5.41, 5.74) is 7.68. The van der Waals surface area contributed by atoms with Gasteiger partial charge < -0.3 is 0 Å². The van der Waals surface area contributed by atoms with E-state index in [2.05, 4.69) is 72.7 Å². The van der Waals surface area contributed by atoms with Crippen LogP contribution in [0.15, 0.2) is 54.6 Å². The molecule has 2 aliphatic rings. The number of piperazine rings is 1. The van der Waals surface area contributed by atoms with Crippen LogP contribution in [0.4, 0.5) is 0 Å². The predicted molar refractivity (Wildman–Crippen MR) is 141 cm³/mol. The van der Waals surface area contributed by atoms with Crippen molar-refractivity contribution >= 4 is 11.5 Å². The molecule has 2 N–H and O–H groups in total. The van der Waals surface area contributed by atoms with Gasteiger partial charge in [0.15, 0.2) is 0 Å². The van der Waals surface area contributed by atoms with E-state index in [-0.39, 0.29) is 0 Å². The Bertz CT molecular complexity index is 1020. The molecule has 0 unspecified atom stereocenters. The summed E-state index contributed by atoms with van der Waals surface area (Å²) in [7, 11) is 0. The maximum absolute atomic E-state index is 11.6. The van der Waals surface area contributed by atoms with Gasteiger partial charge in [-0.2, -0.15) is 0 Å². The van der Waals surface area contributed by atoms with Crippen LogP contribution in [-0.2, 0) is 13.1 Å². The number of hydrogen-bond donors (Lipinski definition) is 2. The quantitative estimate of drug-likeness (QED) is 0.458. The zero-order valence-electron chi connectivity index (χ0n) is 21.6. The van der Waals surface area contributed by atoms with Crippen LogP contribution in [0.1, 0.15) is 61.2 Å². The van der Waals surface area contributed by atoms with E-state index in [1.54, 1.807) is 17.6 Å². The highest BCUT2D eigenvalue weighted by Gasteiger charge is 2.30. The third-order valence-electron chi connectivity index (χ3n) is 7.59. The molecule has 4 rings (SSSR count). The Kier molecular flexibility index (Phi) is 8.39. The van der Waals surface area contributed by atoms with Gasteiger partial charge in [0.2, 0.25) is 0 Å². The molecule has 2 aromatic carbocycles. The van der Waals surface area contributed by atoms with Crippen LogP contribution >= 0.6 is 0 Å². The van der Waals surface area contributed by atoms with Crippen molar-refractivity contribution in [3.8, 4) is 0 Å². The second-order valence-electron chi connectivity index (χ2n) is 10.4. The first kappa shape index (κ1) is 25.6. The fourth-order valence-electron chi connectivity index (χ4n) is 5.56. The highest BCUT2D eigenvalue weighted by Crippen LogP contribution is 2.29. The molecular weight excluding hydrogens is 436 g/mol. The summed E-state index contributed by atoms with van der Waals surface area (Å²) in [6, 6.07) is 17.9. The van der Waals surface area contributed by atoms with Gasteiger partial charge in [0.05, 0.1) is 0 Å². The summed E-state index contributed by atoms with van der Waals surface area (Å²) in [6.45, 7) is 15.3. The number of carbonyl (C=O) groups excluding carboxylic acids is 1. The van der Waals surface area contributed by atoms with Crippen molar-refractivity contribution < 1.29 is 10.0 Å². The van der Waals surface area contributed by atoms with Gasteiger partial charge in [0.1, 0.15) is 0 Å². The largest absolute Gasteiger partial charge is 0.297 e. The first-order valence-corrected chi connectivity index (χ1v) is 12.9. The lowest BCUT2D eigenvalue weighted by atomic mass is 9.93. The second kappa shape index (κ2) is 11.5. The lowest BCUT2D eigenvalue weighted by Crippen LogP contribution is -2.55. The summed E-state index contributed by atoms with van der Waals surface area (Å²) < 4.78 is 0. The number of nitrogens with zero attached hydrogens (tertiary/aromatic N) is 3. The van der Waals surface area contributed by atoms with E-state index in [0.717, 1.165) is 45.7 Å². The van der Waals surface area contributed by atoms with Crippen LogP contribution in [0, 0.1) is 0 Å². The Hall–Kier alpha value is -2.51. The molecule has 0 saturated carbocycles. The molecule has 2 heterocycles. The van der Waals surface area contributed by atoms with Crippen LogP contribution in [-0.4, -0.2) is 70.1 Å². The Balaban J connectivity index is 1.40. The third kappa shape index (κ3) is 6.19. The molecule has 0 aromatic heterocycles. The molecule has 35 heavy (non-hydrogen) atoms. The number of nitrogens with one attached hydrogen (secondary N) is 1. The summed E-state index contributed by atoms with van der Waals surface area (Å²) >= 11 is 0. The van der Waals surface area contributed by atoms with Gasteiger partial charge in [0, 0.05) is 63.0 Å². The van der Waals surface area contributed by atoms with Crippen molar-refractivity contribution in [2.24, 2.45) is 0 Å². The van der Waals surface area contributed by atoms with Crippen LogP contribution in [0.25, 0.3) is 5.57 Å². The zero-order valence-corrected chi connectivity index (χ0v) is 21.6. The molecule has 0 radical (unpaired) electrons. The topological polar surface area (TPSA) is 59.0 Å². The molecule has 0 spiro atoms. The van der Waals surface area contributed by atoms with Crippen molar-refractivity contribution in [3.63, 3.8) is 0 Å². The highest BCUT2D eigenvalue weighted by molar-refractivity contribution is 5.93. The minimum Gasteiger partial charge on any atom is -0.297 e. The minimum atomic E-state index is -0.478. The molecule has 2 atom stereocenters. The van der Waals surface area contributed by atoms with Crippen molar-refractivity contribution in [3.05, 3.63) is 76.9 Å². The van der Waals surface area contributed by atoms with E-state index in [9.17, 15) is 4.79 Å². The number of carbonyl (C=O) groups is 1. The maximum atomic E-state index is 11.6. The molecule has 0 aliphatic carbocycles. The summed E-state index contributed by atoms with van der Waals surface area (Å²) in [4.78, 5) is 19.3. The van der Waals surface area contributed by atoms with Crippen molar-refractivity contribution in [2.45, 2.75) is 65.3 Å². The van der Waals surface area contributed by atoms with Gasteiger partial charge in [-0.3, -0.25) is 24.7 Å². The molecule has 6 heteroatoms. The van der Waals surface area contributed by atoms with E-state index in [4.69, 9.17) is 5.21 Å². The van der Waals surface area contributed by atoms with Gasteiger partial charge in [0.25, 0.3) is 5.91 Å². The molecule has 188 valence electrons. The van der Waals surface area contributed by atoms with Crippen molar-refractivity contribution in [1.82, 2.24) is 20.2 Å². The number of rotatable bonds is 7. The molecule has 1 saturated heterocycles. The molecule has 2 aromatic rings. The van der Waals surface area contributed by atoms with Gasteiger partial charge in [-0.25, -0.2) is 5.48 Å². The third-order valence-corrected chi connectivity index (χ3v) is 7.59. The number of hydrogen-bond acceptors (Lipinski definition) is 5. The highest BCUT2D eigenvalue weighted by atomic mass is 16.5. The summed E-state index contributed by atoms with van der Waals surface area (Å²) in [5, 5.41) is 8.81. The lowest BCUT2D eigenvalue weighted by molar-refractivity contribution is 0.0290. The van der Waals surface area contributed by atoms with Crippen LogP contribution < -0.4 is 5.48 Å². The fourth-order valence-corrected chi connectivity index (χ4v) is 5.56. The standard InChI is InChI=1S/C29H40N4O2/c1-21(2)32-15-13-25(14-16-32)28-8-6-5-7-27(28)20-33-22(3)17-31(18-23(33)4)19-24-9-11-26(12-10-24)29(34)30-35/h5-13,21-23,35H,14-20H2,1-4H3,(H,30,34)/t22-,23+. The Morgan fingerprint density at radius 2 is 1.71 bits per heavy atom. The number of amides is 1. The Morgan fingerprint density at radius 1 is 1.03 bits per heavy atom. The Labute approximate surface area is 210 Å². The SMILES string of the molecule is CC(C)N1CC=C(c2ccccc2CN2[C@H](C)CN(Cc3ccc(C(=O)NO)cc3)C[C@@H]2C)CC1. The summed E-state index contributed by atoms with van der Waals surface area (Å²) in [6.07, 6.45) is 3.55. The summed E-state index contributed by atoms with van der Waals surface area (Å²) in [5.74, 6) is -0.478. The smallest absolute Gasteiger partial charge is 0.274 e. The molecule has 6 nitrogen and oxygen atoms in total. The van der Waals surface area contributed by atoms with Crippen molar-refractivity contribution in [2.75, 3.05) is 26.2 Å².